The number of amides is 5. The van der Waals surface area contributed by atoms with Crippen LogP contribution in [0.3, 0.4) is 0 Å². The maximum absolute atomic E-state index is 12.8. The quantitative estimate of drug-likeness (QED) is 0.642. The molecule has 1 aromatic rings. The van der Waals surface area contributed by atoms with Crippen molar-refractivity contribution in [2.45, 2.75) is 31.6 Å². The Hall–Kier alpha value is -2.61. The van der Waals surface area contributed by atoms with Gasteiger partial charge in [-0.25, -0.2) is 14.5 Å². The molecule has 2 aliphatic heterocycles. The molecule has 0 aliphatic carbocycles. The van der Waals surface area contributed by atoms with Crippen LogP contribution in [0.25, 0.3) is 0 Å². The van der Waals surface area contributed by atoms with Crippen molar-refractivity contribution >= 4 is 35.4 Å². The van der Waals surface area contributed by atoms with Gasteiger partial charge in [-0.1, -0.05) is 11.6 Å². The highest BCUT2D eigenvalue weighted by molar-refractivity contribution is 6.30. The summed E-state index contributed by atoms with van der Waals surface area (Å²) in [6.07, 6.45) is -0.494. The molecule has 0 radical (unpaired) electrons. The minimum atomic E-state index is -1.29. The lowest BCUT2D eigenvalue weighted by Gasteiger charge is -2.40. The Morgan fingerprint density at radius 1 is 1.08 bits per heavy atom. The molecule has 0 unspecified atom stereocenters. The van der Waals surface area contributed by atoms with Crippen molar-refractivity contribution in [1.29, 1.82) is 0 Å². The lowest BCUT2D eigenvalue weighted by atomic mass is 9.96. The topological polar surface area (TPSA) is 90.0 Å². The number of halogens is 1. The lowest BCUT2D eigenvalue weighted by molar-refractivity contribution is -0.132. The Morgan fingerprint density at radius 2 is 1.65 bits per heavy atom. The third kappa shape index (κ3) is 2.21. The van der Waals surface area contributed by atoms with Crippen molar-refractivity contribution in [2.75, 3.05) is 14.1 Å². The van der Waals surface area contributed by atoms with Crippen LogP contribution in [-0.2, 0) is 4.79 Å². The smallest absolute Gasteiger partial charge is 0.311 e. The number of Topliss-reactive ketones (excluding diaryl/α,β-unsaturated/α-hetero) is 1. The van der Waals surface area contributed by atoms with E-state index in [0.29, 0.717) is 10.6 Å². The van der Waals surface area contributed by atoms with Gasteiger partial charge in [0.05, 0.1) is 6.42 Å². The van der Waals surface area contributed by atoms with Gasteiger partial charge in [0.1, 0.15) is 0 Å². The Labute approximate surface area is 155 Å². The zero-order chi connectivity index (χ0) is 19.4. The molecule has 2 heterocycles. The molecule has 2 atom stereocenters. The Morgan fingerprint density at radius 3 is 2.23 bits per heavy atom. The van der Waals surface area contributed by atoms with Gasteiger partial charge in [-0.2, -0.15) is 0 Å². The first-order chi connectivity index (χ1) is 12.0. The van der Waals surface area contributed by atoms with Crippen molar-refractivity contribution in [1.82, 2.24) is 20.0 Å². The highest BCUT2D eigenvalue weighted by Gasteiger charge is 2.70. The fourth-order valence-corrected chi connectivity index (χ4v) is 3.72. The molecule has 5 amide bonds. The van der Waals surface area contributed by atoms with Gasteiger partial charge in [0.25, 0.3) is 0 Å². The molecule has 1 N–H and O–H groups in total. The van der Waals surface area contributed by atoms with Gasteiger partial charge in [-0.05, 0) is 38.1 Å². The van der Waals surface area contributed by atoms with Crippen molar-refractivity contribution in [2.24, 2.45) is 0 Å². The van der Waals surface area contributed by atoms with Gasteiger partial charge in [0, 0.05) is 24.7 Å². The van der Waals surface area contributed by atoms with Crippen molar-refractivity contribution in [3.05, 3.63) is 34.9 Å². The van der Waals surface area contributed by atoms with E-state index in [1.165, 1.54) is 29.0 Å². The molecule has 0 spiro atoms. The molecule has 138 valence electrons. The number of nitrogens with one attached hydrogen (secondary N) is 1. The fourth-order valence-electron chi connectivity index (χ4n) is 3.59. The standard InChI is InChI=1S/C17H19ClN4O4/c1-16-17(2,20(3)14(25)19-16)21(4)15(26)22(16)13(24)9-12(23)10-5-7-11(18)8-6-10/h5-8H,9H2,1-4H3,(H,19,25)/t16-,17+/m1/s1. The largest absolute Gasteiger partial charge is 0.330 e. The predicted molar refractivity (Wildman–Crippen MR) is 93.5 cm³/mol. The molecule has 9 heteroatoms. The van der Waals surface area contributed by atoms with Crippen molar-refractivity contribution < 1.29 is 19.2 Å². The van der Waals surface area contributed by atoms with Crippen LogP contribution >= 0.6 is 11.6 Å². The number of benzene rings is 1. The number of rotatable bonds is 3. The van der Waals surface area contributed by atoms with E-state index in [-0.39, 0.29) is 0 Å². The minimum Gasteiger partial charge on any atom is -0.311 e. The SMILES string of the molecule is CN1C(=O)N[C@]2(C)N(C(=O)CC(=O)c3ccc(Cl)cc3)C(=O)N(C)[C@]12C. The number of carbonyl (C=O) groups is 4. The van der Waals surface area contributed by atoms with E-state index in [0.717, 1.165) is 4.90 Å². The van der Waals surface area contributed by atoms with E-state index in [4.69, 9.17) is 11.6 Å². The molecule has 0 saturated carbocycles. The second-order valence-electron chi connectivity index (χ2n) is 6.76. The van der Waals surface area contributed by atoms with E-state index >= 15 is 0 Å². The molecule has 26 heavy (non-hydrogen) atoms. The first-order valence-electron chi connectivity index (χ1n) is 7.99. The van der Waals surface area contributed by atoms with E-state index < -0.39 is 41.5 Å². The Bertz CT molecular complexity index is 827. The van der Waals surface area contributed by atoms with Gasteiger partial charge >= 0.3 is 12.1 Å². The van der Waals surface area contributed by atoms with Gasteiger partial charge < -0.3 is 15.1 Å². The summed E-state index contributed by atoms with van der Waals surface area (Å²) in [7, 11) is 3.07. The Balaban J connectivity index is 1.89. The van der Waals surface area contributed by atoms with Crippen LogP contribution in [0.2, 0.25) is 5.02 Å². The van der Waals surface area contributed by atoms with E-state index in [2.05, 4.69) is 5.32 Å². The average molecular weight is 379 g/mol. The summed E-state index contributed by atoms with van der Waals surface area (Å²) in [6, 6.07) is 5.17. The number of likely N-dealkylation sites (N-methyl/N-ethyl adjacent to an activating group) is 2. The van der Waals surface area contributed by atoms with Crippen LogP contribution in [0, 0.1) is 0 Å². The monoisotopic (exact) mass is 378 g/mol. The van der Waals surface area contributed by atoms with Crippen LogP contribution in [0.4, 0.5) is 9.59 Å². The number of nitrogens with zero attached hydrogens (tertiary/aromatic N) is 3. The summed E-state index contributed by atoms with van der Waals surface area (Å²) in [5, 5.41) is 3.17. The molecular formula is C17H19ClN4O4. The minimum absolute atomic E-state index is 0.322. The van der Waals surface area contributed by atoms with Gasteiger partial charge in [0.15, 0.2) is 17.1 Å². The Kier molecular flexibility index (Phi) is 3.99. The highest BCUT2D eigenvalue weighted by atomic mass is 35.5. The highest BCUT2D eigenvalue weighted by Crippen LogP contribution is 2.44. The second-order valence-corrected chi connectivity index (χ2v) is 7.20. The van der Waals surface area contributed by atoms with Crippen LogP contribution < -0.4 is 5.32 Å². The molecule has 0 aromatic heterocycles. The summed E-state index contributed by atoms with van der Waals surface area (Å²) < 4.78 is 0. The number of ketones is 1. The number of fused-ring (bicyclic) bond motifs is 1. The number of carbonyl (C=O) groups excluding carboxylic acids is 4. The lowest BCUT2D eigenvalue weighted by Crippen LogP contribution is -2.64. The molecule has 1 aromatic carbocycles. The van der Waals surface area contributed by atoms with E-state index in [1.807, 2.05) is 0 Å². The zero-order valence-electron chi connectivity index (χ0n) is 14.9. The van der Waals surface area contributed by atoms with E-state index in [9.17, 15) is 19.2 Å². The number of hydrogen-bond acceptors (Lipinski definition) is 4. The summed E-state index contributed by atoms with van der Waals surface area (Å²) >= 11 is 5.80. The van der Waals surface area contributed by atoms with Gasteiger partial charge in [-0.3, -0.25) is 9.59 Å². The van der Waals surface area contributed by atoms with Crippen LogP contribution in [-0.4, -0.2) is 63.9 Å². The van der Waals surface area contributed by atoms with Gasteiger partial charge in [0.2, 0.25) is 5.91 Å². The maximum Gasteiger partial charge on any atom is 0.330 e. The number of hydrogen-bond donors (Lipinski definition) is 1. The van der Waals surface area contributed by atoms with Crippen LogP contribution in [0.15, 0.2) is 24.3 Å². The molecule has 8 nitrogen and oxygen atoms in total. The second kappa shape index (κ2) is 5.70. The molecule has 2 aliphatic rings. The molecule has 3 rings (SSSR count). The van der Waals surface area contributed by atoms with Gasteiger partial charge in [-0.15, -0.1) is 0 Å². The third-order valence-electron chi connectivity index (χ3n) is 5.54. The maximum atomic E-state index is 12.8. The average Bonchev–Trinajstić information content (AvgIpc) is 2.84. The molecular weight excluding hydrogens is 360 g/mol. The number of imide groups is 1. The number of urea groups is 2. The fraction of sp³-hybridized carbons (Fsp3) is 0.412. The first-order valence-corrected chi connectivity index (χ1v) is 8.37. The van der Waals surface area contributed by atoms with E-state index in [1.54, 1.807) is 33.0 Å². The van der Waals surface area contributed by atoms with Crippen LogP contribution in [0.1, 0.15) is 30.6 Å². The first kappa shape index (κ1) is 18.2. The predicted octanol–water partition coefficient (Wildman–Crippen LogP) is 1.89. The molecule has 2 saturated heterocycles. The summed E-state index contributed by atoms with van der Waals surface area (Å²) in [5.41, 5.74) is -2.04. The third-order valence-corrected chi connectivity index (χ3v) is 5.79. The summed E-state index contributed by atoms with van der Waals surface area (Å²) in [5.74, 6) is -1.11. The van der Waals surface area contributed by atoms with Crippen molar-refractivity contribution in [3.8, 4) is 0 Å². The zero-order valence-corrected chi connectivity index (χ0v) is 15.6. The normalized spacial score (nSPS) is 27.7. The van der Waals surface area contributed by atoms with Crippen molar-refractivity contribution in [3.63, 3.8) is 0 Å². The summed E-state index contributed by atoms with van der Waals surface area (Å²) in [4.78, 5) is 53.7. The summed E-state index contributed by atoms with van der Waals surface area (Å²) in [6.45, 7) is 3.29. The molecule has 2 fully saturated rings. The molecule has 0 bridgehead atoms. The van der Waals surface area contributed by atoms with Crippen LogP contribution in [0.5, 0.6) is 0 Å².